The number of nitrogens with zero attached hydrogens (tertiary/aromatic N) is 5. The number of likely N-dealkylation sites (tertiary alicyclic amines) is 1. The van der Waals surface area contributed by atoms with E-state index in [0.717, 1.165) is 51.3 Å². The van der Waals surface area contributed by atoms with Gasteiger partial charge in [-0.2, -0.15) is 0 Å². The minimum atomic E-state index is -0.348. The Bertz CT molecular complexity index is 1020. The van der Waals surface area contributed by atoms with Gasteiger partial charge >= 0.3 is 6.01 Å². The Labute approximate surface area is 219 Å². The molecule has 3 fully saturated rings. The van der Waals surface area contributed by atoms with Gasteiger partial charge in [-0.25, -0.2) is 9.97 Å². The average molecular weight is 510 g/mol. The monoisotopic (exact) mass is 509 g/mol. The van der Waals surface area contributed by atoms with Gasteiger partial charge in [0.05, 0.1) is 43.4 Å². The third-order valence-corrected chi connectivity index (χ3v) is 7.87. The van der Waals surface area contributed by atoms with E-state index in [1.807, 2.05) is 6.92 Å². The maximum atomic E-state index is 12.6. The van der Waals surface area contributed by atoms with Crippen molar-refractivity contribution in [3.63, 3.8) is 0 Å². The molecule has 37 heavy (non-hydrogen) atoms. The molecule has 1 aromatic carbocycles. The molecule has 0 aliphatic carbocycles. The zero-order valence-electron chi connectivity index (χ0n) is 22.1. The van der Waals surface area contributed by atoms with E-state index < -0.39 is 0 Å². The minimum Gasteiger partial charge on any atom is -0.494 e. The number of rotatable bonds is 9. The van der Waals surface area contributed by atoms with Crippen LogP contribution in [0, 0.1) is 0 Å². The molecular weight excluding hydrogens is 470 g/mol. The van der Waals surface area contributed by atoms with Gasteiger partial charge in [0.25, 0.3) is 5.91 Å². The Morgan fingerprint density at radius 2 is 1.81 bits per heavy atom. The first-order chi connectivity index (χ1) is 18.0. The molecule has 200 valence electrons. The van der Waals surface area contributed by atoms with E-state index in [1.54, 1.807) is 17.3 Å². The largest absolute Gasteiger partial charge is 0.494 e. The summed E-state index contributed by atoms with van der Waals surface area (Å²) >= 11 is 0. The highest BCUT2D eigenvalue weighted by atomic mass is 16.5. The van der Waals surface area contributed by atoms with Crippen LogP contribution < -0.4 is 19.3 Å². The van der Waals surface area contributed by atoms with E-state index in [2.05, 4.69) is 51.0 Å². The quantitative estimate of drug-likeness (QED) is 0.475. The smallest absolute Gasteiger partial charge is 0.316 e. The molecule has 0 unspecified atom stereocenters. The Kier molecular flexibility index (Phi) is 8.10. The van der Waals surface area contributed by atoms with Crippen LogP contribution in [0.1, 0.15) is 46.0 Å². The maximum absolute atomic E-state index is 12.6. The van der Waals surface area contributed by atoms with E-state index in [9.17, 15) is 4.79 Å². The van der Waals surface area contributed by atoms with Crippen LogP contribution in [0.5, 0.6) is 11.8 Å². The molecule has 1 atom stereocenters. The van der Waals surface area contributed by atoms with Gasteiger partial charge in [0.15, 0.2) is 0 Å². The summed E-state index contributed by atoms with van der Waals surface area (Å²) in [5, 5.41) is 0. The molecule has 4 heterocycles. The van der Waals surface area contributed by atoms with Gasteiger partial charge in [-0.1, -0.05) is 0 Å². The lowest BCUT2D eigenvalue weighted by atomic mass is 9.89. The zero-order chi connectivity index (χ0) is 25.7. The van der Waals surface area contributed by atoms with Crippen LogP contribution in [0.25, 0.3) is 0 Å². The summed E-state index contributed by atoms with van der Waals surface area (Å²) in [5.74, 6) is 0.861. The first-order valence-electron chi connectivity index (χ1n) is 13.7. The molecule has 0 saturated carbocycles. The fourth-order valence-corrected chi connectivity index (χ4v) is 5.61. The minimum absolute atomic E-state index is 0.0636. The molecule has 0 bridgehead atoms. The molecule has 1 amide bonds. The van der Waals surface area contributed by atoms with Gasteiger partial charge in [-0.15, -0.1) is 0 Å². The van der Waals surface area contributed by atoms with E-state index in [4.69, 9.17) is 14.2 Å². The number of carbonyl (C=O) groups is 1. The highest BCUT2D eigenvalue weighted by Crippen LogP contribution is 2.34. The van der Waals surface area contributed by atoms with Gasteiger partial charge in [0, 0.05) is 31.4 Å². The third-order valence-electron chi connectivity index (χ3n) is 7.87. The number of benzene rings is 1. The van der Waals surface area contributed by atoms with E-state index in [0.29, 0.717) is 30.9 Å². The fourth-order valence-electron chi connectivity index (χ4n) is 5.61. The lowest BCUT2D eigenvalue weighted by Gasteiger charge is -2.47. The van der Waals surface area contributed by atoms with Crippen molar-refractivity contribution >= 4 is 17.3 Å². The molecule has 9 heteroatoms. The summed E-state index contributed by atoms with van der Waals surface area (Å²) in [6.07, 6.45) is 8.70. The van der Waals surface area contributed by atoms with Crippen molar-refractivity contribution in [2.24, 2.45) is 0 Å². The Morgan fingerprint density at radius 3 is 2.49 bits per heavy atom. The molecule has 3 aliphatic rings. The molecule has 1 spiro atoms. The van der Waals surface area contributed by atoms with Gasteiger partial charge < -0.3 is 28.9 Å². The first kappa shape index (κ1) is 25.7. The topological polar surface area (TPSA) is 80.3 Å². The second kappa shape index (κ2) is 11.6. The van der Waals surface area contributed by atoms with Crippen molar-refractivity contribution in [1.82, 2.24) is 14.9 Å². The number of amides is 1. The highest BCUT2D eigenvalue weighted by molar-refractivity contribution is 5.94. The van der Waals surface area contributed by atoms with Crippen LogP contribution in [0.3, 0.4) is 0 Å². The van der Waals surface area contributed by atoms with Crippen molar-refractivity contribution < 1.29 is 19.0 Å². The predicted octanol–water partition coefficient (Wildman–Crippen LogP) is 3.53. The molecule has 3 saturated heterocycles. The van der Waals surface area contributed by atoms with Crippen molar-refractivity contribution in [3.8, 4) is 11.8 Å². The Balaban J connectivity index is 1.11. The molecule has 0 radical (unpaired) electrons. The molecule has 3 aliphatic heterocycles. The van der Waals surface area contributed by atoms with Crippen molar-refractivity contribution in [3.05, 3.63) is 36.7 Å². The van der Waals surface area contributed by atoms with Crippen LogP contribution in [0.2, 0.25) is 0 Å². The lowest BCUT2D eigenvalue weighted by Crippen LogP contribution is -2.59. The Morgan fingerprint density at radius 1 is 1.05 bits per heavy atom. The van der Waals surface area contributed by atoms with Gasteiger partial charge in [-0.05, 0) is 76.8 Å². The number of morpholine rings is 1. The number of piperidine rings is 1. The van der Waals surface area contributed by atoms with Gasteiger partial charge in [-0.3, -0.25) is 4.79 Å². The summed E-state index contributed by atoms with van der Waals surface area (Å²) in [5.41, 5.74) is 1.53. The lowest BCUT2D eigenvalue weighted by molar-refractivity contribution is -0.141. The third kappa shape index (κ3) is 6.15. The van der Waals surface area contributed by atoms with E-state index in [1.165, 1.54) is 25.1 Å². The predicted molar refractivity (Wildman–Crippen MR) is 143 cm³/mol. The molecule has 5 rings (SSSR count). The number of carbonyl (C=O) groups excluding carboxylic acids is 1. The van der Waals surface area contributed by atoms with Gasteiger partial charge in [0.1, 0.15) is 12.4 Å². The first-order valence-corrected chi connectivity index (χ1v) is 13.7. The molecule has 1 aromatic heterocycles. The van der Waals surface area contributed by atoms with Crippen LogP contribution in [0.4, 0.5) is 11.4 Å². The zero-order valence-corrected chi connectivity index (χ0v) is 22.1. The summed E-state index contributed by atoms with van der Waals surface area (Å²) < 4.78 is 17.5. The fraction of sp³-hybridized carbons (Fsp3) is 0.607. The van der Waals surface area contributed by atoms with E-state index in [-0.39, 0.29) is 18.1 Å². The average Bonchev–Trinajstić information content (AvgIpc) is 3.34. The van der Waals surface area contributed by atoms with Gasteiger partial charge in [0.2, 0.25) is 0 Å². The van der Waals surface area contributed by atoms with Crippen molar-refractivity contribution in [2.75, 3.05) is 62.3 Å². The summed E-state index contributed by atoms with van der Waals surface area (Å²) in [4.78, 5) is 27.8. The molecular formula is C28H39N5O4. The van der Waals surface area contributed by atoms with Crippen LogP contribution in [-0.2, 0) is 9.53 Å². The summed E-state index contributed by atoms with van der Waals surface area (Å²) in [7, 11) is 0. The number of hydrogen-bond donors (Lipinski definition) is 0. The Hall–Kier alpha value is -2.91. The number of hydrogen-bond acceptors (Lipinski definition) is 8. The van der Waals surface area contributed by atoms with Crippen LogP contribution >= 0.6 is 0 Å². The van der Waals surface area contributed by atoms with Crippen LogP contribution in [0.15, 0.2) is 36.7 Å². The van der Waals surface area contributed by atoms with Crippen molar-refractivity contribution in [1.29, 1.82) is 0 Å². The molecule has 9 nitrogen and oxygen atoms in total. The van der Waals surface area contributed by atoms with Crippen molar-refractivity contribution in [2.45, 2.75) is 57.6 Å². The summed E-state index contributed by atoms with van der Waals surface area (Å²) in [6.45, 7) is 10.1. The molecule has 2 aromatic rings. The number of anilines is 2. The normalized spacial score (nSPS) is 22.0. The number of aromatic nitrogens is 2. The van der Waals surface area contributed by atoms with Crippen LogP contribution in [-0.4, -0.2) is 85.0 Å². The standard InChI is InChI=1S/C28H39N5O4/c1-3-35-27-29-18-24(19-30-27)33-21-28(37-20-26(33)34)11-15-32(16-12-28)23-7-9-25(10-8-23)36-17-5-14-31-13-4-6-22(31)2/h7-10,18-19,22H,3-6,11-17,20-21H2,1-2H3/t22-/m1/s1. The summed E-state index contributed by atoms with van der Waals surface area (Å²) in [6, 6.07) is 9.47. The maximum Gasteiger partial charge on any atom is 0.316 e. The second-order valence-corrected chi connectivity index (χ2v) is 10.3. The number of ether oxygens (including phenoxy) is 3. The molecule has 0 N–H and O–H groups in total. The highest BCUT2D eigenvalue weighted by Gasteiger charge is 2.43. The SMILES string of the molecule is CCOc1ncc(N2CC3(CCN(c4ccc(OCCCN5CCC[C@H]5C)cc4)CC3)OCC2=O)cn1. The second-order valence-electron chi connectivity index (χ2n) is 10.3. The van der Waals surface area contributed by atoms with E-state index >= 15 is 0 Å².